The number of fused-ring (bicyclic) bond motifs is 1. The Kier molecular flexibility index (Phi) is 10.2. The van der Waals surface area contributed by atoms with Crippen LogP contribution in [0.2, 0.25) is 0 Å². The van der Waals surface area contributed by atoms with Crippen LogP contribution in [0.3, 0.4) is 0 Å². The van der Waals surface area contributed by atoms with Crippen LogP contribution in [-0.2, 0) is 34.9 Å². The third kappa shape index (κ3) is 8.35. The van der Waals surface area contributed by atoms with E-state index in [1.807, 2.05) is 6.92 Å². The summed E-state index contributed by atoms with van der Waals surface area (Å²) in [5.74, 6) is -0.387. The molecule has 0 aliphatic heterocycles. The third-order valence-electron chi connectivity index (χ3n) is 5.40. The molecule has 2 aromatic rings. The van der Waals surface area contributed by atoms with E-state index in [0.29, 0.717) is 36.0 Å². The van der Waals surface area contributed by atoms with Gasteiger partial charge >= 0.3 is 11.9 Å². The number of nitrogens with zero attached hydrogens (tertiary/aromatic N) is 4. The Balaban J connectivity index is 1.64. The molecule has 0 spiro atoms. The van der Waals surface area contributed by atoms with Crippen LogP contribution in [0, 0.1) is 0 Å². The molecule has 0 radical (unpaired) electrons. The van der Waals surface area contributed by atoms with Gasteiger partial charge in [-0.1, -0.05) is 6.92 Å². The minimum absolute atomic E-state index is 0.133. The Morgan fingerprint density at radius 3 is 2.43 bits per heavy atom. The number of anilines is 2. The van der Waals surface area contributed by atoms with Gasteiger partial charge in [-0.25, -0.2) is 15.2 Å². The first-order valence-electron chi connectivity index (χ1n) is 12.5. The summed E-state index contributed by atoms with van der Waals surface area (Å²) in [6.07, 6.45) is 4.14. The van der Waals surface area contributed by atoms with Gasteiger partial charge in [0.15, 0.2) is 17.0 Å². The van der Waals surface area contributed by atoms with E-state index < -0.39 is 31.5 Å². The lowest BCUT2D eigenvalue weighted by atomic mass is 10.4. The Morgan fingerprint density at radius 2 is 1.81 bits per heavy atom. The van der Waals surface area contributed by atoms with Crippen LogP contribution in [0.25, 0.3) is 11.2 Å². The van der Waals surface area contributed by atoms with Gasteiger partial charge in [0.05, 0.1) is 26.1 Å². The molecule has 37 heavy (non-hydrogen) atoms. The van der Waals surface area contributed by atoms with Crippen LogP contribution in [0.15, 0.2) is 6.33 Å². The van der Waals surface area contributed by atoms with E-state index in [1.54, 1.807) is 17.8 Å². The molecule has 3 rings (SSSR count). The maximum absolute atomic E-state index is 13.7. The predicted octanol–water partition coefficient (Wildman–Crippen LogP) is 1.62. The van der Waals surface area contributed by atoms with Crippen molar-refractivity contribution in [2.45, 2.75) is 71.6 Å². The molecule has 0 aromatic carbocycles. The van der Waals surface area contributed by atoms with Crippen LogP contribution in [0.4, 0.5) is 11.8 Å². The van der Waals surface area contributed by atoms with Crippen molar-refractivity contribution in [1.82, 2.24) is 29.7 Å². The first kappa shape index (κ1) is 28.8. The first-order chi connectivity index (χ1) is 17.7. The molecule has 3 atom stereocenters. The normalized spacial score (nSPS) is 16.6. The van der Waals surface area contributed by atoms with Crippen molar-refractivity contribution >= 4 is 42.3 Å². The maximum Gasteiger partial charge on any atom is 0.323 e. The van der Waals surface area contributed by atoms with Crippen LogP contribution >= 0.6 is 7.44 Å². The Morgan fingerprint density at radius 1 is 1.14 bits per heavy atom. The summed E-state index contributed by atoms with van der Waals surface area (Å²) < 4.78 is 31.3. The standard InChI is InChI=1S/C22H37N8O6P/c1-5-10-36-21(32)15(4)29-37(33,28-14(3)20(31)35-6-2)13-34-11-9-30-12-24-17-18(25-16-7-8-16)26-22(23)27-19(17)30/h12,14-16H,5-11,13H2,1-4H3,(H2,28,29,33)(H3,23,25,26,27)/t14-,15-,37?/m0/s1. The molecule has 1 fully saturated rings. The molecule has 206 valence electrons. The first-order valence-corrected chi connectivity index (χ1v) is 14.4. The van der Waals surface area contributed by atoms with E-state index in [9.17, 15) is 14.2 Å². The van der Waals surface area contributed by atoms with Gasteiger partial charge in [0.2, 0.25) is 13.4 Å². The number of esters is 2. The molecule has 1 unspecified atom stereocenters. The number of carbonyl (C=O) groups is 2. The summed E-state index contributed by atoms with van der Waals surface area (Å²) in [5.41, 5.74) is 7.06. The predicted molar refractivity (Wildman–Crippen MR) is 138 cm³/mol. The second kappa shape index (κ2) is 13.1. The number of rotatable bonds is 16. The summed E-state index contributed by atoms with van der Waals surface area (Å²) in [6, 6.07) is -1.41. The quantitative estimate of drug-likeness (QED) is 0.137. The number of ether oxygens (including phenoxy) is 3. The zero-order valence-electron chi connectivity index (χ0n) is 21.7. The summed E-state index contributed by atoms with van der Waals surface area (Å²) in [6.45, 7) is 7.56. The molecule has 14 nitrogen and oxygen atoms in total. The molecule has 1 saturated carbocycles. The van der Waals surface area contributed by atoms with E-state index in [-0.39, 0.29) is 32.1 Å². The monoisotopic (exact) mass is 540 g/mol. The van der Waals surface area contributed by atoms with Crippen molar-refractivity contribution in [1.29, 1.82) is 0 Å². The number of carbonyl (C=O) groups excluding carboxylic acids is 2. The van der Waals surface area contributed by atoms with Crippen LogP contribution in [0.1, 0.15) is 47.0 Å². The molecular formula is C22H37N8O6P. The molecule has 0 amide bonds. The van der Waals surface area contributed by atoms with Crippen molar-refractivity contribution in [3.63, 3.8) is 0 Å². The van der Waals surface area contributed by atoms with Crippen LogP contribution in [0.5, 0.6) is 0 Å². The summed E-state index contributed by atoms with van der Waals surface area (Å²) in [5, 5.41) is 8.83. The third-order valence-corrected chi connectivity index (χ3v) is 7.55. The van der Waals surface area contributed by atoms with E-state index in [4.69, 9.17) is 19.9 Å². The zero-order chi connectivity index (χ0) is 27.0. The number of hydrogen-bond acceptors (Lipinski definition) is 11. The number of nitrogens with two attached hydrogens (primary N) is 1. The fraction of sp³-hybridized carbons (Fsp3) is 0.682. The van der Waals surface area contributed by atoms with E-state index in [2.05, 4.69) is 30.4 Å². The smallest absolute Gasteiger partial charge is 0.323 e. The fourth-order valence-corrected chi connectivity index (χ4v) is 5.51. The van der Waals surface area contributed by atoms with Gasteiger partial charge in [-0.15, -0.1) is 0 Å². The molecule has 1 aliphatic carbocycles. The SMILES string of the molecule is CCCOC(=O)[C@H](C)NP(=O)(COCCn1cnc2c(NC3CC3)nc(N)nc21)N[C@@H](C)C(=O)OCC. The molecule has 15 heteroatoms. The maximum atomic E-state index is 13.7. The highest BCUT2D eigenvalue weighted by molar-refractivity contribution is 7.59. The lowest BCUT2D eigenvalue weighted by Gasteiger charge is -2.26. The number of nitrogens with one attached hydrogen (secondary N) is 3. The highest BCUT2D eigenvalue weighted by atomic mass is 31.2. The highest BCUT2D eigenvalue weighted by Crippen LogP contribution is 2.37. The van der Waals surface area contributed by atoms with Gasteiger partial charge in [-0.3, -0.25) is 14.2 Å². The molecule has 2 heterocycles. The van der Waals surface area contributed by atoms with Crippen molar-refractivity contribution in [3.05, 3.63) is 6.33 Å². The highest BCUT2D eigenvalue weighted by Gasteiger charge is 2.32. The Labute approximate surface area is 215 Å². The Hall–Kier alpha value is -2.80. The molecule has 1 aliphatic rings. The zero-order valence-corrected chi connectivity index (χ0v) is 22.6. The second-order valence-corrected chi connectivity index (χ2v) is 11.1. The molecule has 2 aromatic heterocycles. The summed E-state index contributed by atoms with van der Waals surface area (Å²) in [4.78, 5) is 37.3. The molecule has 5 N–H and O–H groups in total. The number of imidazole rings is 1. The van der Waals surface area contributed by atoms with Crippen LogP contribution in [-0.4, -0.2) is 75.8 Å². The number of hydrogen-bond donors (Lipinski definition) is 4. The van der Waals surface area contributed by atoms with E-state index >= 15 is 0 Å². The second-order valence-electron chi connectivity index (χ2n) is 8.86. The lowest BCUT2D eigenvalue weighted by molar-refractivity contribution is -0.145. The summed E-state index contributed by atoms with van der Waals surface area (Å²) in [7, 11) is -3.58. The number of aromatic nitrogens is 4. The van der Waals surface area contributed by atoms with Gasteiger partial charge in [-0.05, 0) is 40.0 Å². The van der Waals surface area contributed by atoms with E-state index in [1.165, 1.54) is 13.8 Å². The van der Waals surface area contributed by atoms with Crippen LogP contribution < -0.4 is 21.2 Å². The van der Waals surface area contributed by atoms with Gasteiger partial charge in [0, 0.05) is 12.6 Å². The minimum Gasteiger partial charge on any atom is -0.465 e. The average molecular weight is 541 g/mol. The van der Waals surface area contributed by atoms with Crippen molar-refractivity contribution in [2.75, 3.05) is 37.2 Å². The Bertz CT molecular complexity index is 1120. The number of nitrogen functional groups attached to an aromatic ring is 1. The average Bonchev–Trinajstić information content (AvgIpc) is 3.57. The van der Waals surface area contributed by atoms with Crippen molar-refractivity contribution in [2.24, 2.45) is 0 Å². The van der Waals surface area contributed by atoms with Gasteiger partial charge < -0.3 is 29.8 Å². The summed E-state index contributed by atoms with van der Waals surface area (Å²) >= 11 is 0. The van der Waals surface area contributed by atoms with Gasteiger partial charge in [0.1, 0.15) is 18.4 Å². The molecule has 0 bridgehead atoms. The van der Waals surface area contributed by atoms with Crippen molar-refractivity contribution < 1.29 is 28.4 Å². The van der Waals surface area contributed by atoms with Gasteiger partial charge in [0.25, 0.3) is 0 Å². The largest absolute Gasteiger partial charge is 0.465 e. The fourth-order valence-electron chi connectivity index (χ4n) is 3.44. The van der Waals surface area contributed by atoms with Crippen molar-refractivity contribution in [3.8, 4) is 0 Å². The van der Waals surface area contributed by atoms with E-state index in [0.717, 1.165) is 12.8 Å². The molecule has 0 saturated heterocycles. The lowest BCUT2D eigenvalue weighted by Crippen LogP contribution is -2.43. The topological polar surface area (TPSA) is 185 Å². The van der Waals surface area contributed by atoms with Gasteiger partial charge in [-0.2, -0.15) is 9.97 Å². The molecular weight excluding hydrogens is 503 g/mol. The minimum atomic E-state index is -3.58.